The van der Waals surface area contributed by atoms with Gasteiger partial charge in [-0.25, -0.2) is 5.43 Å². The van der Waals surface area contributed by atoms with Gasteiger partial charge < -0.3 is 9.47 Å². The van der Waals surface area contributed by atoms with Crippen LogP contribution in [0.5, 0.6) is 11.5 Å². The van der Waals surface area contributed by atoms with Crippen molar-refractivity contribution in [3.05, 3.63) is 59.1 Å². The average Bonchev–Trinajstić information content (AvgIpc) is 2.60. The third-order valence-corrected chi connectivity index (χ3v) is 3.50. The van der Waals surface area contributed by atoms with Crippen LogP contribution in [-0.4, -0.2) is 25.3 Å². The Morgan fingerprint density at radius 1 is 1.17 bits per heavy atom. The number of para-hydroxylation sites is 1. The fourth-order valence-electron chi connectivity index (χ4n) is 1.97. The smallest absolute Gasteiger partial charge is 0.277 e. The van der Waals surface area contributed by atoms with Crippen molar-refractivity contribution in [3.63, 3.8) is 0 Å². The number of amides is 1. The van der Waals surface area contributed by atoms with E-state index in [1.54, 1.807) is 31.4 Å². The summed E-state index contributed by atoms with van der Waals surface area (Å²) in [4.78, 5) is 11.8. The summed E-state index contributed by atoms with van der Waals surface area (Å²) >= 11 is 5.95. The number of halogens is 1. The van der Waals surface area contributed by atoms with E-state index in [1.165, 1.54) is 0 Å². The first-order valence-corrected chi connectivity index (χ1v) is 7.78. The molecule has 0 fully saturated rings. The van der Waals surface area contributed by atoms with Gasteiger partial charge in [0.25, 0.3) is 5.91 Å². The van der Waals surface area contributed by atoms with Crippen LogP contribution in [0.15, 0.2) is 53.6 Å². The lowest BCUT2D eigenvalue weighted by molar-refractivity contribution is -0.123. The highest BCUT2D eigenvalue weighted by Crippen LogP contribution is 2.22. The number of carbonyl (C=O) groups is 1. The second-order valence-electron chi connectivity index (χ2n) is 5.13. The van der Waals surface area contributed by atoms with Crippen LogP contribution in [0.4, 0.5) is 0 Å². The zero-order valence-electron chi connectivity index (χ0n) is 13.6. The molecule has 0 radical (unpaired) electrons. The van der Waals surface area contributed by atoms with E-state index in [0.717, 1.165) is 17.0 Å². The molecule has 0 heterocycles. The molecule has 2 rings (SSSR count). The molecule has 5 nitrogen and oxygen atoms in total. The normalized spacial score (nSPS) is 11.0. The topological polar surface area (TPSA) is 59.9 Å². The summed E-state index contributed by atoms with van der Waals surface area (Å²) in [6.45, 7) is 1.70. The summed E-state index contributed by atoms with van der Waals surface area (Å²) in [6, 6.07) is 14.7. The number of nitrogens with zero attached hydrogens (tertiary/aromatic N) is 1. The van der Waals surface area contributed by atoms with Crippen molar-refractivity contribution in [1.29, 1.82) is 0 Å². The van der Waals surface area contributed by atoms with Crippen molar-refractivity contribution in [2.45, 2.75) is 13.3 Å². The van der Waals surface area contributed by atoms with Crippen LogP contribution in [0.25, 0.3) is 0 Å². The first-order valence-electron chi connectivity index (χ1n) is 7.40. The second kappa shape index (κ2) is 8.93. The highest BCUT2D eigenvalue weighted by atomic mass is 35.5. The number of ether oxygens (including phenoxy) is 2. The fraction of sp³-hybridized carbons (Fsp3) is 0.222. The Morgan fingerprint density at radius 2 is 1.88 bits per heavy atom. The Labute approximate surface area is 146 Å². The monoisotopic (exact) mass is 346 g/mol. The number of carbonyl (C=O) groups excluding carboxylic acids is 1. The van der Waals surface area contributed by atoms with Gasteiger partial charge in [0, 0.05) is 12.1 Å². The molecular formula is C18H19ClN2O3. The van der Waals surface area contributed by atoms with Gasteiger partial charge in [-0.1, -0.05) is 35.9 Å². The Bertz CT molecular complexity index is 714. The molecule has 0 saturated carbocycles. The van der Waals surface area contributed by atoms with Crippen LogP contribution in [0, 0.1) is 0 Å². The van der Waals surface area contributed by atoms with Gasteiger partial charge in [-0.3, -0.25) is 4.79 Å². The maximum absolute atomic E-state index is 11.8. The van der Waals surface area contributed by atoms with Gasteiger partial charge in [-0.15, -0.1) is 0 Å². The Morgan fingerprint density at radius 3 is 2.54 bits per heavy atom. The Balaban J connectivity index is 1.80. The molecule has 126 valence electrons. The minimum Gasteiger partial charge on any atom is -0.497 e. The Kier molecular flexibility index (Phi) is 6.63. The van der Waals surface area contributed by atoms with Crippen LogP contribution in [0.2, 0.25) is 5.02 Å². The molecule has 0 unspecified atom stereocenters. The zero-order valence-corrected chi connectivity index (χ0v) is 14.3. The van der Waals surface area contributed by atoms with Crippen molar-refractivity contribution in [2.75, 3.05) is 13.7 Å². The zero-order chi connectivity index (χ0) is 17.4. The maximum atomic E-state index is 11.8. The summed E-state index contributed by atoms with van der Waals surface area (Å²) in [6.07, 6.45) is 0.635. The van der Waals surface area contributed by atoms with Crippen molar-refractivity contribution in [2.24, 2.45) is 5.10 Å². The molecule has 0 aliphatic heterocycles. The van der Waals surface area contributed by atoms with E-state index >= 15 is 0 Å². The molecule has 0 atom stereocenters. The molecule has 0 aliphatic carbocycles. The predicted molar refractivity (Wildman–Crippen MR) is 94.9 cm³/mol. The van der Waals surface area contributed by atoms with Crippen LogP contribution >= 0.6 is 11.6 Å². The van der Waals surface area contributed by atoms with E-state index in [1.807, 2.05) is 31.2 Å². The number of methoxy groups -OCH3 is 1. The quantitative estimate of drug-likeness (QED) is 0.617. The van der Waals surface area contributed by atoms with E-state index in [9.17, 15) is 4.79 Å². The van der Waals surface area contributed by atoms with Crippen molar-refractivity contribution < 1.29 is 14.3 Å². The molecule has 2 aromatic carbocycles. The minimum absolute atomic E-state index is 0.150. The number of benzene rings is 2. The van der Waals surface area contributed by atoms with Crippen molar-refractivity contribution in [3.8, 4) is 11.5 Å². The summed E-state index contributed by atoms with van der Waals surface area (Å²) in [5.41, 5.74) is 4.34. The van der Waals surface area contributed by atoms with Gasteiger partial charge in [0.15, 0.2) is 6.61 Å². The van der Waals surface area contributed by atoms with Crippen LogP contribution in [0.1, 0.15) is 12.5 Å². The van der Waals surface area contributed by atoms with E-state index in [-0.39, 0.29) is 12.5 Å². The molecule has 24 heavy (non-hydrogen) atoms. The first-order chi connectivity index (χ1) is 11.6. The average molecular weight is 347 g/mol. The summed E-state index contributed by atoms with van der Waals surface area (Å²) < 4.78 is 10.5. The molecule has 0 spiro atoms. The summed E-state index contributed by atoms with van der Waals surface area (Å²) in [5, 5.41) is 4.53. The Hall–Kier alpha value is -2.53. The number of nitrogens with one attached hydrogen (secondary N) is 1. The lowest BCUT2D eigenvalue weighted by atomic mass is 10.1. The van der Waals surface area contributed by atoms with Gasteiger partial charge in [0.1, 0.15) is 11.5 Å². The first kappa shape index (κ1) is 17.8. The minimum atomic E-state index is -0.344. The van der Waals surface area contributed by atoms with E-state index in [4.69, 9.17) is 21.1 Å². The number of hydrogen-bond donors (Lipinski definition) is 1. The highest BCUT2D eigenvalue weighted by Gasteiger charge is 2.05. The molecule has 1 N–H and O–H groups in total. The van der Waals surface area contributed by atoms with E-state index in [2.05, 4.69) is 10.5 Å². The molecule has 0 saturated heterocycles. The number of rotatable bonds is 7. The standard InChI is InChI=1S/C18H19ClN2O3/c1-13(11-14-7-9-15(23-2)10-8-14)20-21-18(22)12-24-17-6-4-3-5-16(17)19/h3-10H,11-12H2,1-2H3,(H,21,22)/b20-13-. The fourth-order valence-corrected chi connectivity index (χ4v) is 2.16. The SMILES string of the molecule is COc1ccc(C/C(C)=N\NC(=O)COc2ccccc2Cl)cc1. The largest absolute Gasteiger partial charge is 0.497 e. The summed E-state index contributed by atoms with van der Waals surface area (Å²) in [5.74, 6) is 0.926. The molecule has 0 bridgehead atoms. The highest BCUT2D eigenvalue weighted by molar-refractivity contribution is 6.32. The van der Waals surface area contributed by atoms with Gasteiger partial charge in [0.05, 0.1) is 12.1 Å². The van der Waals surface area contributed by atoms with E-state index < -0.39 is 0 Å². The van der Waals surface area contributed by atoms with Crippen LogP contribution < -0.4 is 14.9 Å². The lowest BCUT2D eigenvalue weighted by Crippen LogP contribution is -2.25. The van der Waals surface area contributed by atoms with Crippen molar-refractivity contribution in [1.82, 2.24) is 5.43 Å². The molecular weight excluding hydrogens is 328 g/mol. The third-order valence-electron chi connectivity index (χ3n) is 3.19. The van der Waals surface area contributed by atoms with Gasteiger partial charge in [-0.05, 0) is 36.8 Å². The summed E-state index contributed by atoms with van der Waals surface area (Å²) in [7, 11) is 1.63. The molecule has 6 heteroatoms. The van der Waals surface area contributed by atoms with Crippen LogP contribution in [-0.2, 0) is 11.2 Å². The third kappa shape index (κ3) is 5.59. The second-order valence-corrected chi connectivity index (χ2v) is 5.53. The van der Waals surface area contributed by atoms with Crippen molar-refractivity contribution >= 4 is 23.2 Å². The predicted octanol–water partition coefficient (Wildman–Crippen LogP) is 3.46. The number of hydrogen-bond acceptors (Lipinski definition) is 4. The molecule has 0 aromatic heterocycles. The van der Waals surface area contributed by atoms with E-state index in [0.29, 0.717) is 17.2 Å². The van der Waals surface area contributed by atoms with Gasteiger partial charge in [-0.2, -0.15) is 5.10 Å². The molecule has 0 aliphatic rings. The van der Waals surface area contributed by atoms with Gasteiger partial charge >= 0.3 is 0 Å². The van der Waals surface area contributed by atoms with Crippen LogP contribution in [0.3, 0.4) is 0 Å². The molecule has 1 amide bonds. The number of hydrazone groups is 1. The lowest BCUT2D eigenvalue weighted by Gasteiger charge is -2.07. The molecule has 2 aromatic rings. The maximum Gasteiger partial charge on any atom is 0.277 e. The van der Waals surface area contributed by atoms with Gasteiger partial charge in [0.2, 0.25) is 0 Å².